The fourth-order valence-corrected chi connectivity index (χ4v) is 1.37. The zero-order valence-electron chi connectivity index (χ0n) is 9.28. The Morgan fingerprint density at radius 2 is 1.93 bits per heavy atom. The van der Waals surface area contributed by atoms with Crippen molar-refractivity contribution in [2.45, 2.75) is 20.8 Å². The average molecular weight is 205 g/mol. The minimum Gasteiger partial charge on any atom is -0.382 e. The van der Waals surface area contributed by atoms with Crippen LogP contribution in [-0.2, 0) is 0 Å². The van der Waals surface area contributed by atoms with E-state index in [0.717, 1.165) is 13.1 Å². The Kier molecular flexibility index (Phi) is 3.45. The van der Waals surface area contributed by atoms with Gasteiger partial charge in [0.15, 0.2) is 0 Å². The topological polar surface area (TPSA) is 78.8 Å². The lowest BCUT2D eigenvalue weighted by atomic mass is 10.2. The molecule has 0 spiro atoms. The van der Waals surface area contributed by atoms with Gasteiger partial charge in [0.1, 0.15) is 17.5 Å². The van der Waals surface area contributed by atoms with Gasteiger partial charge in [0, 0.05) is 13.1 Å². The predicted octanol–water partition coefficient (Wildman–Crippen LogP) is 1.09. The number of aryl methyl sites for hydroxylation is 1. The molecule has 0 aliphatic heterocycles. The van der Waals surface area contributed by atoms with Crippen molar-refractivity contribution in [1.82, 2.24) is 9.97 Å². The molecule has 0 saturated carbocycles. The van der Waals surface area contributed by atoms with Gasteiger partial charge in [0.25, 0.3) is 0 Å². The van der Waals surface area contributed by atoms with Gasteiger partial charge in [-0.2, -0.15) is 10.2 Å². The van der Waals surface area contributed by atoms with E-state index < -0.39 is 0 Å². The Balaban J connectivity index is 3.20. The molecule has 2 N–H and O–H groups in total. The summed E-state index contributed by atoms with van der Waals surface area (Å²) in [5.41, 5.74) is 6.68. The fourth-order valence-electron chi connectivity index (χ4n) is 1.37. The van der Waals surface area contributed by atoms with E-state index in [9.17, 15) is 0 Å². The molecule has 5 nitrogen and oxygen atoms in total. The second-order valence-corrected chi connectivity index (χ2v) is 3.15. The number of nitrogens with two attached hydrogens (primary N) is 1. The van der Waals surface area contributed by atoms with Crippen molar-refractivity contribution >= 4 is 11.8 Å². The first-order valence-electron chi connectivity index (χ1n) is 4.93. The van der Waals surface area contributed by atoms with Crippen molar-refractivity contribution in [2.75, 3.05) is 23.7 Å². The Bertz CT molecular complexity index is 366. The summed E-state index contributed by atoms with van der Waals surface area (Å²) in [6.07, 6.45) is 0. The van der Waals surface area contributed by atoms with Crippen LogP contribution in [0, 0.1) is 18.3 Å². The van der Waals surface area contributed by atoms with Crippen molar-refractivity contribution in [1.29, 1.82) is 5.26 Å². The number of anilines is 2. The van der Waals surface area contributed by atoms with E-state index in [-0.39, 0.29) is 5.82 Å². The Morgan fingerprint density at radius 1 is 1.33 bits per heavy atom. The fraction of sp³-hybridized carbons (Fsp3) is 0.500. The molecule has 1 heterocycles. The van der Waals surface area contributed by atoms with E-state index in [1.54, 1.807) is 6.92 Å². The lowest BCUT2D eigenvalue weighted by Gasteiger charge is -2.19. The van der Waals surface area contributed by atoms with Crippen LogP contribution >= 0.6 is 0 Å². The molecule has 0 saturated heterocycles. The van der Waals surface area contributed by atoms with Crippen molar-refractivity contribution in [3.8, 4) is 6.07 Å². The quantitative estimate of drug-likeness (QED) is 0.798. The molecule has 0 atom stereocenters. The van der Waals surface area contributed by atoms with E-state index in [2.05, 4.69) is 9.97 Å². The third-order valence-electron chi connectivity index (χ3n) is 2.26. The van der Waals surface area contributed by atoms with Gasteiger partial charge in [-0.1, -0.05) is 0 Å². The van der Waals surface area contributed by atoms with Crippen LogP contribution in [0.4, 0.5) is 11.8 Å². The molecule has 0 radical (unpaired) electrons. The highest BCUT2D eigenvalue weighted by atomic mass is 15.3. The molecule has 0 amide bonds. The first kappa shape index (κ1) is 11.2. The number of aromatic nitrogens is 2. The van der Waals surface area contributed by atoms with Crippen molar-refractivity contribution in [3.63, 3.8) is 0 Å². The number of rotatable bonds is 3. The van der Waals surface area contributed by atoms with Crippen LogP contribution in [-0.4, -0.2) is 23.1 Å². The second kappa shape index (κ2) is 4.60. The molecular formula is C10H15N5. The lowest BCUT2D eigenvalue weighted by Crippen LogP contribution is -2.25. The van der Waals surface area contributed by atoms with Gasteiger partial charge in [-0.25, -0.2) is 4.98 Å². The molecule has 0 bridgehead atoms. The van der Waals surface area contributed by atoms with E-state index >= 15 is 0 Å². The molecule has 1 aromatic rings. The lowest BCUT2D eigenvalue weighted by molar-refractivity contribution is 0.817. The zero-order valence-corrected chi connectivity index (χ0v) is 9.28. The summed E-state index contributed by atoms with van der Waals surface area (Å²) < 4.78 is 0. The van der Waals surface area contributed by atoms with Crippen LogP contribution < -0.4 is 10.6 Å². The SMILES string of the molecule is CCN(CC)c1nc(C)c(C#N)c(N)n1. The first-order chi connectivity index (χ1) is 7.13. The largest absolute Gasteiger partial charge is 0.382 e. The van der Waals surface area contributed by atoms with Crippen LogP contribution in [0.25, 0.3) is 0 Å². The van der Waals surface area contributed by atoms with Crippen LogP contribution in [0.2, 0.25) is 0 Å². The van der Waals surface area contributed by atoms with Gasteiger partial charge in [-0.05, 0) is 20.8 Å². The summed E-state index contributed by atoms with van der Waals surface area (Å²) in [7, 11) is 0. The Morgan fingerprint density at radius 3 is 2.33 bits per heavy atom. The van der Waals surface area contributed by atoms with Crippen LogP contribution in [0.15, 0.2) is 0 Å². The van der Waals surface area contributed by atoms with E-state index in [0.29, 0.717) is 17.2 Å². The molecule has 0 aliphatic carbocycles. The van der Waals surface area contributed by atoms with Crippen molar-refractivity contribution < 1.29 is 0 Å². The molecule has 80 valence electrons. The monoisotopic (exact) mass is 205 g/mol. The highest BCUT2D eigenvalue weighted by Gasteiger charge is 2.11. The summed E-state index contributed by atoms with van der Waals surface area (Å²) in [6, 6.07) is 2.00. The summed E-state index contributed by atoms with van der Waals surface area (Å²) in [5.74, 6) is 0.848. The molecule has 0 aromatic carbocycles. The van der Waals surface area contributed by atoms with E-state index in [1.807, 2.05) is 24.8 Å². The molecule has 15 heavy (non-hydrogen) atoms. The van der Waals surface area contributed by atoms with Gasteiger partial charge < -0.3 is 10.6 Å². The van der Waals surface area contributed by atoms with Crippen LogP contribution in [0.1, 0.15) is 25.1 Å². The third-order valence-corrected chi connectivity index (χ3v) is 2.26. The first-order valence-corrected chi connectivity index (χ1v) is 4.93. The van der Waals surface area contributed by atoms with Crippen LogP contribution in [0.5, 0.6) is 0 Å². The normalized spacial score (nSPS) is 9.73. The number of nitriles is 1. The average Bonchev–Trinajstić information content (AvgIpc) is 2.19. The molecule has 0 aliphatic rings. The second-order valence-electron chi connectivity index (χ2n) is 3.15. The summed E-state index contributed by atoms with van der Waals surface area (Å²) in [4.78, 5) is 10.4. The Labute approximate surface area is 89.6 Å². The van der Waals surface area contributed by atoms with Gasteiger partial charge in [-0.15, -0.1) is 0 Å². The minimum absolute atomic E-state index is 0.256. The smallest absolute Gasteiger partial charge is 0.227 e. The summed E-state index contributed by atoms with van der Waals surface area (Å²) >= 11 is 0. The maximum atomic E-state index is 8.82. The number of hydrogen-bond acceptors (Lipinski definition) is 5. The predicted molar refractivity (Wildman–Crippen MR) is 59.5 cm³/mol. The maximum Gasteiger partial charge on any atom is 0.227 e. The van der Waals surface area contributed by atoms with Gasteiger partial charge in [0.05, 0.1) is 5.69 Å². The molecule has 0 fully saturated rings. The zero-order chi connectivity index (χ0) is 11.4. The number of nitrogens with zero attached hydrogens (tertiary/aromatic N) is 4. The van der Waals surface area contributed by atoms with Crippen molar-refractivity contribution in [3.05, 3.63) is 11.3 Å². The molecule has 5 heteroatoms. The summed E-state index contributed by atoms with van der Waals surface area (Å²) in [6.45, 7) is 7.46. The highest BCUT2D eigenvalue weighted by Crippen LogP contribution is 2.16. The van der Waals surface area contributed by atoms with Gasteiger partial charge in [0.2, 0.25) is 5.95 Å². The van der Waals surface area contributed by atoms with Gasteiger partial charge in [-0.3, -0.25) is 0 Å². The van der Waals surface area contributed by atoms with E-state index in [4.69, 9.17) is 11.0 Å². The van der Waals surface area contributed by atoms with Crippen LogP contribution in [0.3, 0.4) is 0 Å². The number of hydrogen-bond donors (Lipinski definition) is 1. The molecule has 0 unspecified atom stereocenters. The molecule has 1 aromatic heterocycles. The summed E-state index contributed by atoms with van der Waals surface area (Å²) in [5, 5.41) is 8.82. The third kappa shape index (κ3) is 2.15. The van der Waals surface area contributed by atoms with E-state index in [1.165, 1.54) is 0 Å². The molecule has 1 rings (SSSR count). The Hall–Kier alpha value is -1.83. The highest BCUT2D eigenvalue weighted by molar-refractivity contribution is 5.54. The minimum atomic E-state index is 0.256. The maximum absolute atomic E-state index is 8.82. The van der Waals surface area contributed by atoms with Gasteiger partial charge >= 0.3 is 0 Å². The standard InChI is InChI=1S/C10H15N5/c1-4-15(5-2)10-13-7(3)8(6-11)9(12)14-10/h4-5H2,1-3H3,(H2,12,13,14). The molecular weight excluding hydrogens is 190 g/mol. The van der Waals surface area contributed by atoms with Crippen molar-refractivity contribution in [2.24, 2.45) is 0 Å². The number of nitrogen functional groups attached to an aromatic ring is 1.